The summed E-state index contributed by atoms with van der Waals surface area (Å²) >= 11 is 0. The molecule has 0 fully saturated rings. The van der Waals surface area contributed by atoms with Crippen LogP contribution in [0.25, 0.3) is 0 Å². The summed E-state index contributed by atoms with van der Waals surface area (Å²) < 4.78 is 16.9. The highest BCUT2D eigenvalue weighted by Gasteiger charge is 2.19. The number of carbonyl (C=O) groups excluding carboxylic acids is 3. The first-order valence-electron chi connectivity index (χ1n) is 33.7. The highest BCUT2D eigenvalue weighted by Crippen LogP contribution is 2.16. The molecular weight excluding hydrogens is 973 g/mol. The van der Waals surface area contributed by atoms with Gasteiger partial charge in [-0.15, -0.1) is 0 Å². The molecule has 0 rings (SSSR count). The lowest BCUT2D eigenvalue weighted by Crippen LogP contribution is -2.30. The van der Waals surface area contributed by atoms with Crippen molar-refractivity contribution in [1.29, 1.82) is 0 Å². The van der Waals surface area contributed by atoms with Gasteiger partial charge in [-0.05, 0) is 122 Å². The molecule has 0 aromatic rings. The summed E-state index contributed by atoms with van der Waals surface area (Å²) in [5.41, 5.74) is 0. The van der Waals surface area contributed by atoms with Crippen LogP contribution in [0.2, 0.25) is 0 Å². The molecule has 0 amide bonds. The van der Waals surface area contributed by atoms with E-state index in [1.807, 2.05) is 0 Å². The number of ether oxygens (including phenoxy) is 3. The summed E-state index contributed by atoms with van der Waals surface area (Å²) in [5.74, 6) is -0.904. The van der Waals surface area contributed by atoms with E-state index < -0.39 is 6.10 Å². The zero-order valence-electron chi connectivity index (χ0n) is 52.1. The topological polar surface area (TPSA) is 78.9 Å². The summed E-state index contributed by atoms with van der Waals surface area (Å²) in [5, 5.41) is 0. The molecule has 0 aliphatic carbocycles. The van der Waals surface area contributed by atoms with E-state index in [4.69, 9.17) is 14.2 Å². The molecule has 6 nitrogen and oxygen atoms in total. The molecule has 0 aromatic heterocycles. The molecule has 0 spiro atoms. The maximum Gasteiger partial charge on any atom is 0.306 e. The minimum absolute atomic E-state index is 0.0868. The second-order valence-corrected chi connectivity index (χ2v) is 22.4. The molecule has 0 radical (unpaired) electrons. The van der Waals surface area contributed by atoms with Gasteiger partial charge in [0.25, 0.3) is 0 Å². The Bertz CT molecular complexity index is 1540. The predicted molar refractivity (Wildman–Crippen MR) is 344 cm³/mol. The molecule has 0 saturated heterocycles. The maximum atomic E-state index is 12.9. The van der Waals surface area contributed by atoms with Gasteiger partial charge in [-0.25, -0.2) is 0 Å². The van der Waals surface area contributed by atoms with Crippen LogP contribution in [0.3, 0.4) is 0 Å². The van der Waals surface area contributed by atoms with Gasteiger partial charge in [-0.3, -0.25) is 14.4 Å². The van der Waals surface area contributed by atoms with Crippen molar-refractivity contribution in [2.75, 3.05) is 13.2 Å². The van der Waals surface area contributed by atoms with Crippen molar-refractivity contribution in [2.45, 2.75) is 335 Å². The monoisotopic (exact) mass is 1100 g/mol. The normalized spacial score (nSPS) is 12.7. The fraction of sp³-hybridized carbons (Fsp3) is 0.740. The standard InChI is InChI=1S/C73H126O6/c1-4-7-10-13-16-19-22-25-27-29-31-32-33-34-35-36-37-38-39-40-42-43-45-48-51-54-57-60-63-66-72(75)78-69-70(68-77-71(74)65-62-59-56-53-50-47-24-21-18-15-12-9-6-3)79-73(76)67-64-61-58-55-52-49-46-44-41-30-28-26-23-20-17-14-11-8-5-2/h12,15,17,20-22,24-26,28-29,31,33-34,41,44,70H,4-11,13-14,16,18-19,23,27,30,32,35-40,42-43,45-69H2,1-3H3/b15-12-,20-17-,24-21-,25-22-,28-26-,31-29-,34-33-,44-41-. The van der Waals surface area contributed by atoms with Gasteiger partial charge in [-0.1, -0.05) is 285 Å². The summed E-state index contributed by atoms with van der Waals surface area (Å²) in [6.45, 7) is 6.54. The third-order valence-electron chi connectivity index (χ3n) is 14.5. The lowest BCUT2D eigenvalue weighted by molar-refractivity contribution is -0.167. The molecule has 6 heteroatoms. The molecule has 0 aromatic carbocycles. The Labute approximate surface area is 489 Å². The van der Waals surface area contributed by atoms with Crippen LogP contribution in [0.5, 0.6) is 0 Å². The van der Waals surface area contributed by atoms with Crippen molar-refractivity contribution in [3.63, 3.8) is 0 Å². The minimum Gasteiger partial charge on any atom is -0.462 e. The van der Waals surface area contributed by atoms with E-state index in [0.717, 1.165) is 128 Å². The van der Waals surface area contributed by atoms with Crippen LogP contribution in [-0.2, 0) is 28.6 Å². The van der Waals surface area contributed by atoms with E-state index in [1.165, 1.54) is 161 Å². The summed E-state index contributed by atoms with van der Waals surface area (Å²) in [7, 11) is 0. The SMILES string of the molecule is CCC/C=C\C/C=C\CCCCCCCC(=O)OCC(COC(=O)CCCCCCCCCCCCCCCC/C=C\C/C=C\C/C=C\CCCCCCC)OC(=O)CCCCCCCC/C=C\C/C=C\C/C=C\CCCCC. The molecule has 0 heterocycles. The fourth-order valence-electron chi connectivity index (χ4n) is 9.44. The van der Waals surface area contributed by atoms with Crippen LogP contribution < -0.4 is 0 Å². The fourth-order valence-corrected chi connectivity index (χ4v) is 9.44. The summed E-state index contributed by atoms with van der Waals surface area (Å²) in [6, 6.07) is 0. The lowest BCUT2D eigenvalue weighted by Gasteiger charge is -2.18. The van der Waals surface area contributed by atoms with E-state index in [9.17, 15) is 14.4 Å². The van der Waals surface area contributed by atoms with Gasteiger partial charge < -0.3 is 14.2 Å². The molecule has 0 aliphatic rings. The van der Waals surface area contributed by atoms with Crippen molar-refractivity contribution < 1.29 is 28.6 Å². The minimum atomic E-state index is -0.792. The van der Waals surface area contributed by atoms with E-state index >= 15 is 0 Å². The third-order valence-corrected chi connectivity index (χ3v) is 14.5. The van der Waals surface area contributed by atoms with Crippen molar-refractivity contribution in [2.24, 2.45) is 0 Å². The van der Waals surface area contributed by atoms with E-state index in [2.05, 4.69) is 118 Å². The third kappa shape index (κ3) is 65.0. The second-order valence-electron chi connectivity index (χ2n) is 22.4. The number of rotatable bonds is 61. The Morgan fingerprint density at radius 3 is 0.785 bits per heavy atom. The molecule has 79 heavy (non-hydrogen) atoms. The van der Waals surface area contributed by atoms with Gasteiger partial charge in [0.2, 0.25) is 0 Å². The quantitative estimate of drug-likeness (QED) is 0.0261. The Morgan fingerprint density at radius 1 is 0.253 bits per heavy atom. The number of hydrogen-bond acceptors (Lipinski definition) is 6. The molecule has 454 valence electrons. The van der Waals surface area contributed by atoms with Crippen molar-refractivity contribution >= 4 is 17.9 Å². The summed E-state index contributed by atoms with van der Waals surface area (Å²) in [6.07, 6.45) is 89.9. The van der Waals surface area contributed by atoms with Crippen LogP contribution in [0, 0.1) is 0 Å². The molecular formula is C73H126O6. The highest BCUT2D eigenvalue weighted by molar-refractivity contribution is 5.71. The molecule has 1 atom stereocenters. The van der Waals surface area contributed by atoms with Crippen LogP contribution in [0.4, 0.5) is 0 Å². The number of allylic oxidation sites excluding steroid dienone is 16. The molecule has 0 bridgehead atoms. The van der Waals surface area contributed by atoms with Crippen LogP contribution in [0.1, 0.15) is 329 Å². The van der Waals surface area contributed by atoms with Gasteiger partial charge >= 0.3 is 17.9 Å². The van der Waals surface area contributed by atoms with E-state index in [0.29, 0.717) is 19.3 Å². The van der Waals surface area contributed by atoms with Crippen LogP contribution in [0.15, 0.2) is 97.2 Å². The van der Waals surface area contributed by atoms with Gasteiger partial charge in [0.05, 0.1) is 0 Å². The molecule has 0 aliphatic heterocycles. The Kier molecular flexibility index (Phi) is 63.7. The van der Waals surface area contributed by atoms with Crippen molar-refractivity contribution in [1.82, 2.24) is 0 Å². The highest BCUT2D eigenvalue weighted by atomic mass is 16.6. The second kappa shape index (κ2) is 66.8. The van der Waals surface area contributed by atoms with Crippen molar-refractivity contribution in [3.8, 4) is 0 Å². The zero-order chi connectivity index (χ0) is 57.1. The molecule has 0 saturated carbocycles. The maximum absolute atomic E-state index is 12.9. The van der Waals surface area contributed by atoms with Crippen LogP contribution in [-0.4, -0.2) is 37.2 Å². The largest absolute Gasteiger partial charge is 0.462 e. The average Bonchev–Trinajstić information content (AvgIpc) is 3.45. The Balaban J connectivity index is 4.28. The van der Waals surface area contributed by atoms with Crippen LogP contribution >= 0.6 is 0 Å². The average molecular weight is 1100 g/mol. The zero-order valence-corrected chi connectivity index (χ0v) is 52.1. The predicted octanol–water partition coefficient (Wildman–Crippen LogP) is 23.2. The lowest BCUT2D eigenvalue weighted by atomic mass is 10.0. The first kappa shape index (κ1) is 75.3. The van der Waals surface area contributed by atoms with Crippen molar-refractivity contribution in [3.05, 3.63) is 97.2 Å². The van der Waals surface area contributed by atoms with E-state index in [1.54, 1.807) is 0 Å². The summed E-state index contributed by atoms with van der Waals surface area (Å²) in [4.78, 5) is 38.3. The smallest absolute Gasteiger partial charge is 0.306 e. The molecule has 1 unspecified atom stereocenters. The van der Waals surface area contributed by atoms with Gasteiger partial charge in [0.1, 0.15) is 13.2 Å². The number of hydrogen-bond donors (Lipinski definition) is 0. The Hall–Kier alpha value is -3.67. The van der Waals surface area contributed by atoms with Gasteiger partial charge in [0.15, 0.2) is 6.10 Å². The number of esters is 3. The van der Waals surface area contributed by atoms with Gasteiger partial charge in [0, 0.05) is 19.3 Å². The Morgan fingerprint density at radius 2 is 0.481 bits per heavy atom. The first-order valence-corrected chi connectivity index (χ1v) is 33.7. The molecule has 0 N–H and O–H groups in total. The van der Waals surface area contributed by atoms with Gasteiger partial charge in [-0.2, -0.15) is 0 Å². The van der Waals surface area contributed by atoms with E-state index in [-0.39, 0.29) is 31.1 Å². The number of carbonyl (C=O) groups is 3. The first-order chi connectivity index (χ1) is 39.0. The number of unbranched alkanes of at least 4 members (excludes halogenated alkanes) is 34.